The number of ether oxygens (including phenoxy) is 1. The van der Waals surface area contributed by atoms with Gasteiger partial charge in [0.15, 0.2) is 0 Å². The van der Waals surface area contributed by atoms with Crippen LogP contribution in [0.4, 0.5) is 0 Å². The predicted molar refractivity (Wildman–Crippen MR) is 66.0 cm³/mol. The van der Waals surface area contributed by atoms with E-state index in [1.165, 1.54) is 11.1 Å². The van der Waals surface area contributed by atoms with Crippen LogP contribution in [0, 0.1) is 13.8 Å². The fraction of sp³-hybridized carbons (Fsp3) is 0.538. The molecule has 0 saturated heterocycles. The molecule has 0 atom stereocenters. The van der Waals surface area contributed by atoms with E-state index in [2.05, 4.69) is 25.2 Å². The normalized spacial score (nSPS) is 10.4. The van der Waals surface area contributed by atoms with Crippen LogP contribution in [0.5, 0.6) is 5.75 Å². The second kappa shape index (κ2) is 7.25. The van der Waals surface area contributed by atoms with Gasteiger partial charge in [0, 0.05) is 6.54 Å². The lowest BCUT2D eigenvalue weighted by Gasteiger charge is -2.08. The molecule has 0 unspecified atom stereocenters. The molecule has 0 aliphatic carbocycles. The van der Waals surface area contributed by atoms with Crippen molar-refractivity contribution in [1.82, 2.24) is 5.32 Å². The number of hydrogen-bond donors (Lipinski definition) is 2. The van der Waals surface area contributed by atoms with E-state index in [1.807, 2.05) is 12.1 Å². The summed E-state index contributed by atoms with van der Waals surface area (Å²) in [7, 11) is 0. The first kappa shape index (κ1) is 13.0. The lowest BCUT2D eigenvalue weighted by molar-refractivity contribution is 0.282. The molecule has 0 spiro atoms. The molecule has 90 valence electrons. The van der Waals surface area contributed by atoms with Crippen LogP contribution in [-0.4, -0.2) is 31.4 Å². The van der Waals surface area contributed by atoms with Gasteiger partial charge < -0.3 is 15.2 Å². The third kappa shape index (κ3) is 5.14. The van der Waals surface area contributed by atoms with Gasteiger partial charge in [-0.2, -0.15) is 0 Å². The number of nitrogens with one attached hydrogen (secondary N) is 1. The molecule has 0 aliphatic heterocycles. The number of aliphatic hydroxyl groups is 1. The van der Waals surface area contributed by atoms with Gasteiger partial charge in [0.2, 0.25) is 0 Å². The van der Waals surface area contributed by atoms with E-state index in [0.717, 1.165) is 18.7 Å². The maximum Gasteiger partial charge on any atom is 0.119 e. The summed E-state index contributed by atoms with van der Waals surface area (Å²) in [5.41, 5.74) is 2.46. The highest BCUT2D eigenvalue weighted by atomic mass is 16.5. The number of aliphatic hydroxyl groups excluding tert-OH is 1. The Balaban J connectivity index is 2.21. The summed E-state index contributed by atoms with van der Waals surface area (Å²) in [5.74, 6) is 0.944. The summed E-state index contributed by atoms with van der Waals surface area (Å²) in [5, 5.41) is 11.7. The number of benzene rings is 1. The third-order valence-corrected chi connectivity index (χ3v) is 2.25. The lowest BCUT2D eigenvalue weighted by Crippen LogP contribution is -2.20. The van der Waals surface area contributed by atoms with Crippen LogP contribution < -0.4 is 10.1 Å². The van der Waals surface area contributed by atoms with Gasteiger partial charge in [0.25, 0.3) is 0 Å². The van der Waals surface area contributed by atoms with Crippen molar-refractivity contribution in [3.05, 3.63) is 29.3 Å². The minimum atomic E-state index is 0.192. The summed E-state index contributed by atoms with van der Waals surface area (Å²) in [4.78, 5) is 0. The predicted octanol–water partition coefficient (Wildman–Crippen LogP) is 1.65. The van der Waals surface area contributed by atoms with E-state index in [1.54, 1.807) is 0 Å². The van der Waals surface area contributed by atoms with Crippen molar-refractivity contribution in [2.24, 2.45) is 0 Å². The molecule has 0 bridgehead atoms. The van der Waals surface area contributed by atoms with Gasteiger partial charge in [0.1, 0.15) is 5.75 Å². The first-order valence-corrected chi connectivity index (χ1v) is 5.75. The fourth-order valence-electron chi connectivity index (χ4n) is 1.61. The molecular weight excluding hydrogens is 202 g/mol. The molecular formula is C13H21NO2. The van der Waals surface area contributed by atoms with Crippen molar-refractivity contribution >= 4 is 0 Å². The van der Waals surface area contributed by atoms with E-state index in [9.17, 15) is 0 Å². The van der Waals surface area contributed by atoms with Gasteiger partial charge in [-0.3, -0.25) is 0 Å². The second-order valence-corrected chi connectivity index (χ2v) is 4.00. The highest BCUT2D eigenvalue weighted by Crippen LogP contribution is 2.16. The fourth-order valence-corrected chi connectivity index (χ4v) is 1.61. The Kier molecular flexibility index (Phi) is 5.90. The Morgan fingerprint density at radius 2 is 1.81 bits per heavy atom. The van der Waals surface area contributed by atoms with E-state index < -0.39 is 0 Å². The maximum absolute atomic E-state index is 8.57. The molecule has 3 heteroatoms. The van der Waals surface area contributed by atoms with Gasteiger partial charge in [-0.15, -0.1) is 0 Å². The van der Waals surface area contributed by atoms with Gasteiger partial charge in [-0.05, 0) is 50.1 Å². The molecule has 0 saturated carbocycles. The van der Waals surface area contributed by atoms with Crippen LogP contribution in [0.1, 0.15) is 17.5 Å². The third-order valence-electron chi connectivity index (χ3n) is 2.25. The molecule has 0 aliphatic rings. The first-order valence-electron chi connectivity index (χ1n) is 5.75. The van der Waals surface area contributed by atoms with E-state index in [-0.39, 0.29) is 6.61 Å². The van der Waals surface area contributed by atoms with Crippen LogP contribution in [0.25, 0.3) is 0 Å². The van der Waals surface area contributed by atoms with Crippen molar-refractivity contribution in [2.45, 2.75) is 20.3 Å². The van der Waals surface area contributed by atoms with Gasteiger partial charge in [0.05, 0.1) is 13.2 Å². The van der Waals surface area contributed by atoms with Crippen molar-refractivity contribution in [1.29, 1.82) is 0 Å². The molecule has 1 rings (SSSR count). The molecule has 0 amide bonds. The van der Waals surface area contributed by atoms with Crippen LogP contribution in [-0.2, 0) is 0 Å². The summed E-state index contributed by atoms with van der Waals surface area (Å²) < 4.78 is 5.65. The van der Waals surface area contributed by atoms with Crippen LogP contribution >= 0.6 is 0 Å². The topological polar surface area (TPSA) is 41.5 Å². The molecule has 2 N–H and O–H groups in total. The average Bonchev–Trinajstić information content (AvgIpc) is 2.22. The molecule has 0 aromatic heterocycles. The Bertz CT molecular complexity index is 293. The Morgan fingerprint density at radius 1 is 1.12 bits per heavy atom. The number of aryl methyl sites for hydroxylation is 2. The van der Waals surface area contributed by atoms with Crippen molar-refractivity contribution in [2.75, 3.05) is 26.3 Å². The molecule has 0 radical (unpaired) electrons. The quantitative estimate of drug-likeness (QED) is 0.691. The summed E-state index contributed by atoms with van der Waals surface area (Å²) in [6.07, 6.45) is 0.951. The Labute approximate surface area is 97.4 Å². The number of hydrogen-bond acceptors (Lipinski definition) is 3. The van der Waals surface area contributed by atoms with E-state index in [4.69, 9.17) is 9.84 Å². The Morgan fingerprint density at radius 3 is 2.44 bits per heavy atom. The lowest BCUT2D eigenvalue weighted by atomic mass is 10.1. The molecule has 1 aromatic carbocycles. The SMILES string of the molecule is Cc1cc(C)cc(OCCCNCCO)c1. The first-order chi connectivity index (χ1) is 7.72. The van der Waals surface area contributed by atoms with Crippen LogP contribution in [0.2, 0.25) is 0 Å². The minimum absolute atomic E-state index is 0.192. The maximum atomic E-state index is 8.57. The molecule has 1 aromatic rings. The van der Waals surface area contributed by atoms with Gasteiger partial charge >= 0.3 is 0 Å². The standard InChI is InChI=1S/C13H21NO2/c1-11-8-12(2)10-13(9-11)16-7-3-4-14-5-6-15/h8-10,14-15H,3-7H2,1-2H3. The monoisotopic (exact) mass is 223 g/mol. The van der Waals surface area contributed by atoms with Crippen molar-refractivity contribution in [3.63, 3.8) is 0 Å². The van der Waals surface area contributed by atoms with Crippen LogP contribution in [0.3, 0.4) is 0 Å². The smallest absolute Gasteiger partial charge is 0.119 e. The molecule has 0 fully saturated rings. The molecule has 3 nitrogen and oxygen atoms in total. The van der Waals surface area contributed by atoms with Crippen molar-refractivity contribution in [3.8, 4) is 5.75 Å². The zero-order valence-corrected chi connectivity index (χ0v) is 10.1. The Hall–Kier alpha value is -1.06. The zero-order valence-electron chi connectivity index (χ0n) is 10.1. The largest absolute Gasteiger partial charge is 0.494 e. The summed E-state index contributed by atoms with van der Waals surface area (Å²) in [6.45, 7) is 6.58. The summed E-state index contributed by atoms with van der Waals surface area (Å²) in [6, 6.07) is 6.23. The van der Waals surface area contributed by atoms with Crippen molar-refractivity contribution < 1.29 is 9.84 Å². The highest BCUT2D eigenvalue weighted by Gasteiger charge is 1.96. The summed E-state index contributed by atoms with van der Waals surface area (Å²) >= 11 is 0. The highest BCUT2D eigenvalue weighted by molar-refractivity contribution is 5.32. The zero-order chi connectivity index (χ0) is 11.8. The number of rotatable bonds is 7. The van der Waals surface area contributed by atoms with Gasteiger partial charge in [-0.1, -0.05) is 6.07 Å². The second-order valence-electron chi connectivity index (χ2n) is 4.00. The van der Waals surface area contributed by atoms with Crippen LogP contribution in [0.15, 0.2) is 18.2 Å². The molecule has 16 heavy (non-hydrogen) atoms. The van der Waals surface area contributed by atoms with E-state index in [0.29, 0.717) is 13.2 Å². The van der Waals surface area contributed by atoms with E-state index >= 15 is 0 Å². The van der Waals surface area contributed by atoms with Gasteiger partial charge in [-0.25, -0.2) is 0 Å². The minimum Gasteiger partial charge on any atom is -0.494 e. The average molecular weight is 223 g/mol. The molecule has 0 heterocycles.